The van der Waals surface area contributed by atoms with Crippen LogP contribution in [0.15, 0.2) is 48.5 Å². The maximum Gasteiger partial charge on any atom is 0.239 e. The van der Waals surface area contributed by atoms with Gasteiger partial charge in [-0.05, 0) is 63.4 Å². The van der Waals surface area contributed by atoms with Crippen molar-refractivity contribution in [3.05, 3.63) is 65.2 Å². The van der Waals surface area contributed by atoms with Gasteiger partial charge in [0.25, 0.3) is 0 Å². The molecular weight excluding hydrogens is 392 g/mol. The van der Waals surface area contributed by atoms with E-state index in [2.05, 4.69) is 85.7 Å². The number of aromatic nitrogens is 2. The number of anilines is 2. The van der Waals surface area contributed by atoms with Gasteiger partial charge in [0, 0.05) is 48.7 Å². The van der Waals surface area contributed by atoms with E-state index in [1.165, 1.54) is 16.8 Å². The monoisotopic (exact) mass is 420 g/mol. The Labute approximate surface area is 184 Å². The molecule has 1 heterocycles. The highest BCUT2D eigenvalue weighted by molar-refractivity contribution is 5.87. The fourth-order valence-electron chi connectivity index (χ4n) is 4.11. The minimum absolute atomic E-state index is 0. The second kappa shape index (κ2) is 8.49. The van der Waals surface area contributed by atoms with Gasteiger partial charge in [0.1, 0.15) is 11.0 Å². The Hall–Kier alpha value is -2.85. The van der Waals surface area contributed by atoms with Crippen LogP contribution in [0.4, 0.5) is 11.4 Å². The van der Waals surface area contributed by atoms with Crippen LogP contribution in [0.5, 0.6) is 0 Å². The van der Waals surface area contributed by atoms with E-state index in [0.29, 0.717) is 0 Å². The average molecular weight is 421 g/mol. The average Bonchev–Trinajstić information content (AvgIpc) is 2.69. The Bertz CT molecular complexity index is 1230. The molecule has 30 heavy (non-hydrogen) atoms. The zero-order valence-electron chi connectivity index (χ0n) is 18.3. The molecule has 4 rings (SSSR count). The smallest absolute Gasteiger partial charge is 0.239 e. The summed E-state index contributed by atoms with van der Waals surface area (Å²) in [5, 5.41) is 0. The molecule has 3 aromatic carbocycles. The summed E-state index contributed by atoms with van der Waals surface area (Å²) >= 11 is 0. The van der Waals surface area contributed by atoms with Crippen LogP contribution in [-0.2, 0) is 0 Å². The molecule has 0 atom stereocenters. The Morgan fingerprint density at radius 1 is 0.867 bits per heavy atom. The van der Waals surface area contributed by atoms with Gasteiger partial charge in [-0.3, -0.25) is 0 Å². The standard InChI is InChI=1S/C25H28N4.ClH/c1-6-28(7-2)23-15-25-22(13-18(23)5)27-21-12-17(4)20(26)14-24(21)29(25)19-10-8-9-16(3)11-19;/h8-15,26H,6-7H2,1-5H3;1H. The summed E-state index contributed by atoms with van der Waals surface area (Å²) < 4.78 is 2.30. The third-order valence-corrected chi connectivity index (χ3v) is 5.74. The van der Waals surface area contributed by atoms with E-state index >= 15 is 0 Å². The van der Waals surface area contributed by atoms with E-state index in [9.17, 15) is 0 Å². The highest BCUT2D eigenvalue weighted by Crippen LogP contribution is 2.28. The molecule has 156 valence electrons. The van der Waals surface area contributed by atoms with Crippen LogP contribution in [-0.4, -0.2) is 18.1 Å². The van der Waals surface area contributed by atoms with Gasteiger partial charge >= 0.3 is 0 Å². The minimum atomic E-state index is 0. The number of nitrogens with two attached hydrogens (primary N) is 1. The third kappa shape index (κ3) is 3.68. The molecule has 0 fully saturated rings. The maximum atomic E-state index is 6.30. The number of halogens is 1. The van der Waals surface area contributed by atoms with Gasteiger partial charge < -0.3 is 23.0 Å². The van der Waals surface area contributed by atoms with E-state index in [1.54, 1.807) is 0 Å². The van der Waals surface area contributed by atoms with Gasteiger partial charge in [-0.1, -0.05) is 12.1 Å². The van der Waals surface area contributed by atoms with Crippen molar-refractivity contribution in [3.8, 4) is 5.69 Å². The van der Waals surface area contributed by atoms with Gasteiger partial charge in [-0.2, -0.15) is 0 Å². The summed E-state index contributed by atoms with van der Waals surface area (Å²) in [5.74, 6) is 0. The van der Waals surface area contributed by atoms with Crippen molar-refractivity contribution in [2.45, 2.75) is 34.6 Å². The van der Waals surface area contributed by atoms with E-state index < -0.39 is 0 Å². The fraction of sp³-hybridized carbons (Fsp3) is 0.280. The molecule has 4 nitrogen and oxygen atoms in total. The first kappa shape index (κ1) is 21.8. The second-order valence-corrected chi connectivity index (χ2v) is 7.78. The zero-order chi connectivity index (χ0) is 20.7. The van der Waals surface area contributed by atoms with Crippen LogP contribution in [0.2, 0.25) is 0 Å². The summed E-state index contributed by atoms with van der Waals surface area (Å²) in [7, 11) is 0. The van der Waals surface area contributed by atoms with Gasteiger partial charge in [-0.25, -0.2) is 4.98 Å². The molecule has 0 aliphatic carbocycles. The Kier molecular flexibility index (Phi) is 6.18. The molecule has 0 radical (unpaired) electrons. The lowest BCUT2D eigenvalue weighted by atomic mass is 10.1. The molecule has 0 saturated heterocycles. The molecule has 1 aromatic heterocycles. The lowest BCUT2D eigenvalue weighted by molar-refractivity contribution is -0.538. The third-order valence-electron chi connectivity index (χ3n) is 5.74. The predicted molar refractivity (Wildman–Crippen MR) is 123 cm³/mol. The minimum Gasteiger partial charge on any atom is -1.00 e. The number of aryl methyl sites for hydroxylation is 3. The van der Waals surface area contributed by atoms with Gasteiger partial charge in [0.15, 0.2) is 0 Å². The number of benzene rings is 3. The van der Waals surface area contributed by atoms with E-state index in [4.69, 9.17) is 10.7 Å². The molecule has 4 aromatic rings. The first-order valence-electron chi connectivity index (χ1n) is 10.3. The Morgan fingerprint density at radius 3 is 2.13 bits per heavy atom. The van der Waals surface area contributed by atoms with Crippen LogP contribution in [0, 0.1) is 20.8 Å². The molecule has 0 spiro atoms. The van der Waals surface area contributed by atoms with Gasteiger partial charge in [0.05, 0.1) is 0 Å². The fourth-order valence-corrected chi connectivity index (χ4v) is 4.11. The summed E-state index contributed by atoms with van der Waals surface area (Å²) in [6.45, 7) is 12.7. The topological polar surface area (TPSA) is 46.0 Å². The SMILES string of the molecule is CCN(CC)c1cc2c(cc1C)nc1cc(C)c(N)cc1[n+]2-c1cccc(C)c1.[Cl-]. The van der Waals surface area contributed by atoms with E-state index in [-0.39, 0.29) is 12.4 Å². The molecule has 0 aliphatic heterocycles. The number of rotatable bonds is 4. The number of hydrogen-bond donors (Lipinski definition) is 1. The van der Waals surface area contributed by atoms with Crippen molar-refractivity contribution < 1.29 is 17.0 Å². The normalized spacial score (nSPS) is 11.0. The first-order chi connectivity index (χ1) is 13.9. The van der Waals surface area contributed by atoms with Crippen molar-refractivity contribution in [3.63, 3.8) is 0 Å². The van der Waals surface area contributed by atoms with Crippen LogP contribution >= 0.6 is 0 Å². The lowest BCUT2D eigenvalue weighted by Gasteiger charge is -2.23. The largest absolute Gasteiger partial charge is 1.00 e. The van der Waals surface area contributed by atoms with Crippen molar-refractivity contribution in [2.75, 3.05) is 23.7 Å². The molecule has 2 N–H and O–H groups in total. The molecule has 0 bridgehead atoms. The maximum absolute atomic E-state index is 6.30. The summed E-state index contributed by atoms with van der Waals surface area (Å²) in [6, 6.07) is 17.2. The Morgan fingerprint density at radius 2 is 1.50 bits per heavy atom. The van der Waals surface area contributed by atoms with Crippen LogP contribution < -0.4 is 27.6 Å². The van der Waals surface area contributed by atoms with Crippen molar-refractivity contribution in [2.24, 2.45) is 0 Å². The molecule has 0 saturated carbocycles. The number of nitrogen functional groups attached to an aromatic ring is 1. The predicted octanol–water partition coefficient (Wildman–Crippen LogP) is 2.02. The van der Waals surface area contributed by atoms with Crippen molar-refractivity contribution in [1.29, 1.82) is 0 Å². The second-order valence-electron chi connectivity index (χ2n) is 7.78. The molecular formula is C25H29ClN4. The highest BCUT2D eigenvalue weighted by atomic mass is 35.5. The molecule has 0 aliphatic rings. The molecule has 0 amide bonds. The van der Waals surface area contributed by atoms with E-state index in [0.717, 1.165) is 52.1 Å². The van der Waals surface area contributed by atoms with Crippen molar-refractivity contribution >= 4 is 33.4 Å². The van der Waals surface area contributed by atoms with Crippen molar-refractivity contribution in [1.82, 2.24) is 4.98 Å². The Balaban J connectivity index is 0.00000256. The summed E-state index contributed by atoms with van der Waals surface area (Å²) in [4.78, 5) is 7.40. The van der Waals surface area contributed by atoms with Crippen LogP contribution in [0.1, 0.15) is 30.5 Å². The number of hydrogen-bond acceptors (Lipinski definition) is 3. The van der Waals surface area contributed by atoms with Gasteiger partial charge in [-0.15, -0.1) is 4.57 Å². The number of nitrogens with zero attached hydrogens (tertiary/aromatic N) is 3. The van der Waals surface area contributed by atoms with Gasteiger partial charge in [0.2, 0.25) is 16.7 Å². The molecule has 0 unspecified atom stereocenters. The quantitative estimate of drug-likeness (QED) is 0.312. The lowest BCUT2D eigenvalue weighted by Crippen LogP contribution is -3.00. The van der Waals surface area contributed by atoms with E-state index in [1.807, 2.05) is 6.92 Å². The first-order valence-corrected chi connectivity index (χ1v) is 10.3. The zero-order valence-corrected chi connectivity index (χ0v) is 19.1. The molecule has 5 heteroatoms. The summed E-state index contributed by atoms with van der Waals surface area (Å²) in [5.41, 5.74) is 17.1. The van der Waals surface area contributed by atoms with Crippen LogP contribution in [0.3, 0.4) is 0 Å². The highest BCUT2D eigenvalue weighted by Gasteiger charge is 2.22. The number of fused-ring (bicyclic) bond motifs is 2. The summed E-state index contributed by atoms with van der Waals surface area (Å²) in [6.07, 6.45) is 0. The van der Waals surface area contributed by atoms with Crippen LogP contribution in [0.25, 0.3) is 27.8 Å².